The Labute approximate surface area is 171 Å². The summed E-state index contributed by atoms with van der Waals surface area (Å²) in [6, 6.07) is 10.1. The van der Waals surface area contributed by atoms with Crippen molar-refractivity contribution in [3.63, 3.8) is 0 Å². The summed E-state index contributed by atoms with van der Waals surface area (Å²) in [5.41, 5.74) is 0.541. The van der Waals surface area contributed by atoms with E-state index in [0.717, 1.165) is 17.7 Å². The first-order valence-electron chi connectivity index (χ1n) is 9.52. The Balaban J connectivity index is 2.31. The number of carbonyl (C=O) groups is 1. The molecule has 8 heteroatoms. The van der Waals surface area contributed by atoms with Gasteiger partial charge in [0.25, 0.3) is 5.91 Å². The number of nitrogens with one attached hydrogen (secondary N) is 1. The Bertz CT molecular complexity index is 942. The van der Waals surface area contributed by atoms with Crippen molar-refractivity contribution in [2.45, 2.75) is 38.1 Å². The second-order valence-electron chi connectivity index (χ2n) is 6.44. The molecule has 6 nitrogen and oxygen atoms in total. The third-order valence-electron chi connectivity index (χ3n) is 4.76. The normalized spacial score (nSPS) is 12.6. The molecule has 0 bridgehead atoms. The van der Waals surface area contributed by atoms with Crippen LogP contribution in [-0.4, -0.2) is 38.8 Å². The smallest absolute Gasteiger partial charge is 0.254 e. The van der Waals surface area contributed by atoms with Crippen molar-refractivity contribution in [2.75, 3.05) is 20.2 Å². The summed E-state index contributed by atoms with van der Waals surface area (Å²) in [6.45, 7) is 5.91. The van der Waals surface area contributed by atoms with Crippen LogP contribution in [0.15, 0.2) is 47.4 Å². The molecule has 29 heavy (non-hydrogen) atoms. The molecule has 0 spiro atoms. The van der Waals surface area contributed by atoms with Crippen molar-refractivity contribution in [3.8, 4) is 5.75 Å². The molecule has 2 rings (SSSR count). The molecule has 1 N–H and O–H groups in total. The Morgan fingerprint density at radius 3 is 2.24 bits per heavy atom. The van der Waals surface area contributed by atoms with Crippen LogP contribution in [0.5, 0.6) is 5.75 Å². The van der Waals surface area contributed by atoms with Crippen molar-refractivity contribution < 1.29 is 22.3 Å². The molecular formula is C21H27FN2O4S. The SMILES string of the molecule is CCC(NC(=O)c1cc(S(=O)(=O)N(CC)CC)ccc1F)c1ccc(OC)cc1. The predicted octanol–water partition coefficient (Wildman–Crippen LogP) is 3.75. The topological polar surface area (TPSA) is 75.7 Å². The zero-order chi connectivity index (χ0) is 21.6. The number of amides is 1. The van der Waals surface area contributed by atoms with E-state index in [0.29, 0.717) is 12.2 Å². The molecule has 1 atom stereocenters. The fraction of sp³-hybridized carbons (Fsp3) is 0.381. The summed E-state index contributed by atoms with van der Waals surface area (Å²) in [5, 5.41) is 2.79. The molecule has 2 aromatic rings. The average molecular weight is 423 g/mol. The molecule has 0 saturated carbocycles. The number of methoxy groups -OCH3 is 1. The highest BCUT2D eigenvalue weighted by Crippen LogP contribution is 2.23. The number of hydrogen-bond donors (Lipinski definition) is 1. The van der Waals surface area contributed by atoms with Crippen LogP contribution >= 0.6 is 0 Å². The summed E-state index contributed by atoms with van der Waals surface area (Å²) in [5.74, 6) is -0.748. The Hall–Kier alpha value is -2.45. The van der Waals surface area contributed by atoms with Gasteiger partial charge in [0.05, 0.1) is 23.6 Å². The molecule has 0 heterocycles. The number of benzene rings is 2. The number of halogens is 1. The van der Waals surface area contributed by atoms with Gasteiger partial charge >= 0.3 is 0 Å². The van der Waals surface area contributed by atoms with Gasteiger partial charge in [0.15, 0.2) is 0 Å². The number of nitrogens with zero attached hydrogens (tertiary/aromatic N) is 1. The summed E-state index contributed by atoms with van der Waals surface area (Å²) in [4.78, 5) is 12.6. The maximum Gasteiger partial charge on any atom is 0.254 e. The van der Waals surface area contributed by atoms with E-state index in [-0.39, 0.29) is 29.6 Å². The van der Waals surface area contributed by atoms with E-state index >= 15 is 0 Å². The van der Waals surface area contributed by atoms with Gasteiger partial charge in [0.1, 0.15) is 11.6 Å². The molecule has 158 valence electrons. The van der Waals surface area contributed by atoms with Crippen molar-refractivity contribution in [1.29, 1.82) is 0 Å². The van der Waals surface area contributed by atoms with Crippen LogP contribution in [-0.2, 0) is 10.0 Å². The van der Waals surface area contributed by atoms with E-state index in [2.05, 4.69) is 5.32 Å². The summed E-state index contributed by atoms with van der Waals surface area (Å²) in [6.07, 6.45) is 0.580. The first-order valence-corrected chi connectivity index (χ1v) is 11.0. The lowest BCUT2D eigenvalue weighted by molar-refractivity contribution is 0.0931. The van der Waals surface area contributed by atoms with Crippen LogP contribution in [0.4, 0.5) is 4.39 Å². The maximum atomic E-state index is 14.3. The first kappa shape index (κ1) is 22.8. The van der Waals surface area contributed by atoms with E-state index in [9.17, 15) is 17.6 Å². The minimum Gasteiger partial charge on any atom is -0.497 e. The highest BCUT2D eigenvalue weighted by Gasteiger charge is 2.25. The monoisotopic (exact) mass is 422 g/mol. The Morgan fingerprint density at radius 1 is 1.10 bits per heavy atom. The zero-order valence-electron chi connectivity index (χ0n) is 17.1. The van der Waals surface area contributed by atoms with Gasteiger partial charge in [0, 0.05) is 13.1 Å². The second kappa shape index (κ2) is 9.84. The fourth-order valence-corrected chi connectivity index (χ4v) is 4.53. The standard InChI is InChI=1S/C21H27FN2O4S/c1-5-20(15-8-10-16(28-4)11-9-15)23-21(25)18-14-17(12-13-19(18)22)29(26,27)24(6-2)7-3/h8-14,20H,5-7H2,1-4H3,(H,23,25). The van der Waals surface area contributed by atoms with E-state index in [1.807, 2.05) is 19.1 Å². The van der Waals surface area contributed by atoms with Crippen molar-refractivity contribution in [3.05, 3.63) is 59.4 Å². The van der Waals surface area contributed by atoms with Crippen LogP contribution in [0, 0.1) is 5.82 Å². The molecular weight excluding hydrogens is 395 g/mol. The van der Waals surface area contributed by atoms with E-state index in [1.54, 1.807) is 33.1 Å². The average Bonchev–Trinajstić information content (AvgIpc) is 2.72. The summed E-state index contributed by atoms with van der Waals surface area (Å²) in [7, 11) is -2.23. The van der Waals surface area contributed by atoms with Gasteiger partial charge in [-0.1, -0.05) is 32.9 Å². The minimum atomic E-state index is -3.80. The molecule has 0 saturated heterocycles. The molecule has 0 aliphatic rings. The lowest BCUT2D eigenvalue weighted by atomic mass is 10.0. The predicted molar refractivity (Wildman–Crippen MR) is 110 cm³/mol. The number of rotatable bonds is 9. The lowest BCUT2D eigenvalue weighted by Gasteiger charge is -2.20. The van der Waals surface area contributed by atoms with Gasteiger partial charge in [-0.15, -0.1) is 0 Å². The number of ether oxygens (including phenoxy) is 1. The Morgan fingerprint density at radius 2 is 1.72 bits per heavy atom. The molecule has 0 fully saturated rings. The van der Waals surface area contributed by atoms with Crippen LogP contribution < -0.4 is 10.1 Å². The number of hydrogen-bond acceptors (Lipinski definition) is 4. The van der Waals surface area contributed by atoms with Gasteiger partial charge in [0.2, 0.25) is 10.0 Å². The molecule has 1 amide bonds. The lowest BCUT2D eigenvalue weighted by Crippen LogP contribution is -2.32. The van der Waals surface area contributed by atoms with E-state index in [1.165, 1.54) is 10.4 Å². The van der Waals surface area contributed by atoms with Crippen LogP contribution in [0.3, 0.4) is 0 Å². The van der Waals surface area contributed by atoms with Crippen molar-refractivity contribution in [2.24, 2.45) is 0 Å². The molecule has 0 aliphatic heterocycles. The fourth-order valence-electron chi connectivity index (χ4n) is 3.04. The van der Waals surface area contributed by atoms with E-state index < -0.39 is 21.7 Å². The van der Waals surface area contributed by atoms with E-state index in [4.69, 9.17) is 4.74 Å². The summed E-state index contributed by atoms with van der Waals surface area (Å²) >= 11 is 0. The maximum absolute atomic E-state index is 14.3. The minimum absolute atomic E-state index is 0.106. The van der Waals surface area contributed by atoms with Gasteiger partial charge in [-0.25, -0.2) is 12.8 Å². The first-order chi connectivity index (χ1) is 13.8. The van der Waals surface area contributed by atoms with Gasteiger partial charge in [-0.05, 0) is 42.3 Å². The zero-order valence-corrected chi connectivity index (χ0v) is 17.9. The highest BCUT2D eigenvalue weighted by molar-refractivity contribution is 7.89. The molecule has 1 unspecified atom stereocenters. The van der Waals surface area contributed by atoms with Gasteiger partial charge in [-0.2, -0.15) is 4.31 Å². The van der Waals surface area contributed by atoms with Crippen molar-refractivity contribution >= 4 is 15.9 Å². The Kier molecular flexibility index (Phi) is 7.75. The van der Waals surface area contributed by atoms with Gasteiger partial charge < -0.3 is 10.1 Å². The molecule has 2 aromatic carbocycles. The van der Waals surface area contributed by atoms with Crippen LogP contribution in [0.25, 0.3) is 0 Å². The highest BCUT2D eigenvalue weighted by atomic mass is 32.2. The quantitative estimate of drug-likeness (QED) is 0.668. The van der Waals surface area contributed by atoms with Gasteiger partial charge in [-0.3, -0.25) is 4.79 Å². The molecule has 0 aromatic heterocycles. The third-order valence-corrected chi connectivity index (χ3v) is 6.80. The van der Waals surface area contributed by atoms with Crippen LogP contribution in [0.2, 0.25) is 0 Å². The largest absolute Gasteiger partial charge is 0.497 e. The third kappa shape index (κ3) is 5.13. The van der Waals surface area contributed by atoms with Crippen LogP contribution in [0.1, 0.15) is 49.2 Å². The molecule has 0 aliphatic carbocycles. The second-order valence-corrected chi connectivity index (χ2v) is 8.38. The number of sulfonamides is 1. The summed E-state index contributed by atoms with van der Waals surface area (Å²) < 4.78 is 46.1. The number of carbonyl (C=O) groups excluding carboxylic acids is 1. The molecule has 0 radical (unpaired) electrons. The van der Waals surface area contributed by atoms with Crippen molar-refractivity contribution in [1.82, 2.24) is 9.62 Å².